The Bertz CT molecular complexity index is 211. The molecule has 0 aromatic carbocycles. The van der Waals surface area contributed by atoms with Crippen LogP contribution in [0.4, 0.5) is 0 Å². The van der Waals surface area contributed by atoms with E-state index in [1.54, 1.807) is 25.3 Å². The van der Waals surface area contributed by atoms with Gasteiger partial charge in [0.05, 0.1) is 5.69 Å². The number of pyridine rings is 1. The van der Waals surface area contributed by atoms with Crippen molar-refractivity contribution in [3.05, 3.63) is 30.1 Å². The molecule has 1 aromatic rings. The summed E-state index contributed by atoms with van der Waals surface area (Å²) in [5.41, 5.74) is 6.11. The molecule has 3 heteroatoms. The molecule has 3 N–H and O–H groups in total. The number of aromatic nitrogens is 1. The van der Waals surface area contributed by atoms with Crippen LogP contribution in [0.3, 0.4) is 0 Å². The first kappa shape index (κ1) is 8.17. The van der Waals surface area contributed by atoms with Gasteiger partial charge in [0.15, 0.2) is 0 Å². The van der Waals surface area contributed by atoms with Crippen LogP contribution >= 0.6 is 0 Å². The third-order valence-corrected chi connectivity index (χ3v) is 1.49. The van der Waals surface area contributed by atoms with E-state index in [1.807, 2.05) is 6.07 Å². The number of nitrogens with two attached hydrogens (primary N) is 1. The highest BCUT2D eigenvalue weighted by atomic mass is 16.3. The summed E-state index contributed by atoms with van der Waals surface area (Å²) in [6.07, 6.45) is 0.984. The Hall–Kier alpha value is -0.930. The number of nitrogens with zero attached hydrogens (tertiary/aromatic N) is 1. The number of rotatable bonds is 2. The molecule has 0 saturated heterocycles. The minimum absolute atomic E-state index is 0.273. The van der Waals surface area contributed by atoms with Crippen LogP contribution in [-0.4, -0.2) is 16.1 Å². The zero-order valence-electron chi connectivity index (χ0n) is 6.44. The molecule has 1 rings (SSSR count). The summed E-state index contributed by atoms with van der Waals surface area (Å²) >= 11 is 0. The zero-order chi connectivity index (χ0) is 8.27. The van der Waals surface area contributed by atoms with Gasteiger partial charge >= 0.3 is 0 Å². The maximum absolute atomic E-state index is 9.41. The summed E-state index contributed by atoms with van der Waals surface area (Å²) < 4.78 is 0. The van der Waals surface area contributed by atoms with Crippen molar-refractivity contribution in [1.82, 2.24) is 4.98 Å². The molecule has 3 nitrogen and oxygen atoms in total. The van der Waals surface area contributed by atoms with Gasteiger partial charge in [-0.25, -0.2) is 0 Å². The van der Waals surface area contributed by atoms with Gasteiger partial charge in [0.1, 0.15) is 6.10 Å². The normalized spacial score (nSPS) is 15.9. The van der Waals surface area contributed by atoms with Crippen LogP contribution in [0.15, 0.2) is 24.4 Å². The van der Waals surface area contributed by atoms with Crippen LogP contribution < -0.4 is 5.73 Å². The van der Waals surface area contributed by atoms with Crippen LogP contribution in [0.1, 0.15) is 18.7 Å². The lowest BCUT2D eigenvalue weighted by Gasteiger charge is -2.12. The number of hydrogen-bond acceptors (Lipinski definition) is 3. The van der Waals surface area contributed by atoms with Gasteiger partial charge in [-0.1, -0.05) is 6.07 Å². The van der Waals surface area contributed by atoms with E-state index >= 15 is 0 Å². The van der Waals surface area contributed by atoms with Gasteiger partial charge in [-0.05, 0) is 19.1 Å². The second kappa shape index (κ2) is 3.46. The third kappa shape index (κ3) is 2.00. The molecule has 60 valence electrons. The molecular weight excluding hydrogens is 140 g/mol. The van der Waals surface area contributed by atoms with Crippen LogP contribution in [0, 0.1) is 0 Å². The molecule has 0 radical (unpaired) electrons. The second-order valence-corrected chi connectivity index (χ2v) is 2.56. The Labute approximate surface area is 65.9 Å². The van der Waals surface area contributed by atoms with Gasteiger partial charge in [0.25, 0.3) is 0 Å². The maximum Gasteiger partial charge on any atom is 0.111 e. The van der Waals surface area contributed by atoms with Crippen LogP contribution in [-0.2, 0) is 0 Å². The number of hydrogen-bond donors (Lipinski definition) is 2. The SMILES string of the molecule is CC(N)C(O)c1ccccn1. The molecule has 0 amide bonds. The van der Waals surface area contributed by atoms with E-state index in [4.69, 9.17) is 5.73 Å². The Morgan fingerprint density at radius 1 is 1.55 bits per heavy atom. The van der Waals surface area contributed by atoms with E-state index in [-0.39, 0.29) is 6.04 Å². The molecule has 1 heterocycles. The predicted molar refractivity (Wildman–Crippen MR) is 42.8 cm³/mol. The molecule has 2 unspecified atom stereocenters. The third-order valence-electron chi connectivity index (χ3n) is 1.49. The largest absolute Gasteiger partial charge is 0.385 e. The zero-order valence-corrected chi connectivity index (χ0v) is 6.44. The van der Waals surface area contributed by atoms with Crippen molar-refractivity contribution in [2.75, 3.05) is 0 Å². The van der Waals surface area contributed by atoms with E-state index in [2.05, 4.69) is 4.98 Å². The van der Waals surface area contributed by atoms with Crippen molar-refractivity contribution in [3.63, 3.8) is 0 Å². The Morgan fingerprint density at radius 3 is 2.73 bits per heavy atom. The van der Waals surface area contributed by atoms with Crippen LogP contribution in [0.25, 0.3) is 0 Å². The van der Waals surface area contributed by atoms with Crippen molar-refractivity contribution in [2.45, 2.75) is 19.1 Å². The molecule has 1 aromatic heterocycles. The summed E-state index contributed by atoms with van der Waals surface area (Å²) in [6.45, 7) is 1.75. The molecule has 0 aliphatic heterocycles. The molecule has 2 atom stereocenters. The topological polar surface area (TPSA) is 59.1 Å². The lowest BCUT2D eigenvalue weighted by atomic mass is 10.1. The molecule has 0 aliphatic carbocycles. The van der Waals surface area contributed by atoms with Crippen molar-refractivity contribution >= 4 is 0 Å². The van der Waals surface area contributed by atoms with Gasteiger partial charge in [-0.15, -0.1) is 0 Å². The molecule has 0 spiro atoms. The standard InChI is InChI=1S/C8H12N2O/c1-6(9)8(11)7-4-2-3-5-10-7/h2-6,8,11H,9H2,1H3. The quantitative estimate of drug-likeness (QED) is 0.647. The number of aliphatic hydroxyl groups excluding tert-OH is 1. The van der Waals surface area contributed by atoms with Crippen LogP contribution in [0.5, 0.6) is 0 Å². The monoisotopic (exact) mass is 152 g/mol. The highest BCUT2D eigenvalue weighted by Gasteiger charge is 2.12. The highest BCUT2D eigenvalue weighted by Crippen LogP contribution is 2.10. The lowest BCUT2D eigenvalue weighted by Crippen LogP contribution is -2.24. The van der Waals surface area contributed by atoms with E-state index < -0.39 is 6.10 Å². The molecular formula is C8H12N2O. The smallest absolute Gasteiger partial charge is 0.111 e. The fourth-order valence-electron chi connectivity index (χ4n) is 0.820. The minimum atomic E-state index is -0.656. The number of aliphatic hydroxyl groups is 1. The van der Waals surface area contributed by atoms with Gasteiger partial charge in [0.2, 0.25) is 0 Å². The van der Waals surface area contributed by atoms with E-state index in [1.165, 1.54) is 0 Å². The van der Waals surface area contributed by atoms with Crippen molar-refractivity contribution in [3.8, 4) is 0 Å². The fraction of sp³-hybridized carbons (Fsp3) is 0.375. The van der Waals surface area contributed by atoms with Gasteiger partial charge < -0.3 is 10.8 Å². The molecule has 0 saturated carbocycles. The summed E-state index contributed by atoms with van der Waals surface area (Å²) in [7, 11) is 0. The summed E-state index contributed by atoms with van der Waals surface area (Å²) in [5.74, 6) is 0. The summed E-state index contributed by atoms with van der Waals surface area (Å²) in [6, 6.07) is 5.12. The highest BCUT2D eigenvalue weighted by molar-refractivity contribution is 5.07. The molecule has 11 heavy (non-hydrogen) atoms. The first-order chi connectivity index (χ1) is 5.22. The van der Waals surface area contributed by atoms with Crippen LogP contribution in [0.2, 0.25) is 0 Å². The minimum Gasteiger partial charge on any atom is -0.385 e. The Morgan fingerprint density at radius 2 is 2.27 bits per heavy atom. The van der Waals surface area contributed by atoms with E-state index in [9.17, 15) is 5.11 Å². The molecule has 0 bridgehead atoms. The Kier molecular flexibility index (Phi) is 2.57. The lowest BCUT2D eigenvalue weighted by molar-refractivity contribution is 0.149. The average molecular weight is 152 g/mol. The Balaban J connectivity index is 2.77. The fourth-order valence-corrected chi connectivity index (χ4v) is 0.820. The molecule has 0 aliphatic rings. The first-order valence-corrected chi connectivity index (χ1v) is 3.56. The van der Waals surface area contributed by atoms with Gasteiger partial charge in [-0.3, -0.25) is 4.98 Å². The second-order valence-electron chi connectivity index (χ2n) is 2.56. The predicted octanol–water partition coefficient (Wildman–Crippen LogP) is 0.462. The summed E-state index contributed by atoms with van der Waals surface area (Å²) in [4.78, 5) is 3.97. The maximum atomic E-state index is 9.41. The average Bonchev–Trinajstić information content (AvgIpc) is 2.05. The van der Waals surface area contributed by atoms with Crippen molar-refractivity contribution < 1.29 is 5.11 Å². The van der Waals surface area contributed by atoms with E-state index in [0.717, 1.165) is 0 Å². The van der Waals surface area contributed by atoms with E-state index in [0.29, 0.717) is 5.69 Å². The van der Waals surface area contributed by atoms with Gasteiger partial charge in [0, 0.05) is 12.2 Å². The van der Waals surface area contributed by atoms with Crippen molar-refractivity contribution in [2.24, 2.45) is 5.73 Å². The summed E-state index contributed by atoms with van der Waals surface area (Å²) in [5, 5.41) is 9.41. The van der Waals surface area contributed by atoms with Gasteiger partial charge in [-0.2, -0.15) is 0 Å². The molecule has 0 fully saturated rings. The van der Waals surface area contributed by atoms with Crippen molar-refractivity contribution in [1.29, 1.82) is 0 Å². The first-order valence-electron chi connectivity index (χ1n) is 3.56.